The van der Waals surface area contributed by atoms with E-state index < -0.39 is 5.91 Å². The summed E-state index contributed by atoms with van der Waals surface area (Å²) in [6, 6.07) is 14.6. The highest BCUT2D eigenvalue weighted by molar-refractivity contribution is 5.99. The first kappa shape index (κ1) is 21.2. The second kappa shape index (κ2) is 10.3. The summed E-state index contributed by atoms with van der Waals surface area (Å²) < 4.78 is 0. The Morgan fingerprint density at radius 1 is 0.893 bits per heavy atom. The maximum absolute atomic E-state index is 12.5. The van der Waals surface area contributed by atoms with Crippen molar-refractivity contribution in [3.63, 3.8) is 0 Å². The zero-order valence-corrected chi connectivity index (χ0v) is 16.2. The third-order valence-electron chi connectivity index (χ3n) is 4.45. The highest BCUT2D eigenvalue weighted by Gasteiger charge is 2.20. The summed E-state index contributed by atoms with van der Waals surface area (Å²) in [5, 5.41) is 0. The Morgan fingerprint density at radius 2 is 1.50 bits per heavy atom. The summed E-state index contributed by atoms with van der Waals surface area (Å²) in [5.74, 6) is -0.790. The van der Waals surface area contributed by atoms with E-state index in [-0.39, 0.29) is 11.8 Å². The smallest absolute Gasteiger partial charge is 0.254 e. The highest BCUT2D eigenvalue weighted by atomic mass is 16.2. The van der Waals surface area contributed by atoms with Gasteiger partial charge in [0, 0.05) is 30.6 Å². The van der Waals surface area contributed by atoms with Crippen molar-refractivity contribution in [2.75, 3.05) is 0 Å². The van der Waals surface area contributed by atoms with E-state index in [1.807, 2.05) is 18.2 Å². The van der Waals surface area contributed by atoms with Crippen LogP contribution < -0.4 is 11.5 Å². The number of carbonyl (C=O) groups excluding carboxylic acids is 3. The molecule has 2 bridgehead atoms. The van der Waals surface area contributed by atoms with E-state index in [9.17, 15) is 14.4 Å². The number of nitrogens with zero attached hydrogens (tertiary/aromatic N) is 1. The van der Waals surface area contributed by atoms with Gasteiger partial charge in [-0.2, -0.15) is 0 Å². The molecule has 148 valence electrons. The molecule has 28 heavy (non-hydrogen) atoms. The van der Waals surface area contributed by atoms with Crippen LogP contribution in [0.2, 0.25) is 0 Å². The van der Waals surface area contributed by atoms with Crippen LogP contribution in [0.4, 0.5) is 0 Å². The molecule has 6 heteroatoms. The molecule has 0 unspecified atom stereocenters. The van der Waals surface area contributed by atoms with Gasteiger partial charge in [-0.05, 0) is 35.7 Å². The van der Waals surface area contributed by atoms with Crippen molar-refractivity contribution in [1.82, 2.24) is 4.90 Å². The molecule has 2 aromatic carbocycles. The van der Waals surface area contributed by atoms with Gasteiger partial charge in [-0.15, -0.1) is 0 Å². The Labute approximate surface area is 165 Å². The van der Waals surface area contributed by atoms with E-state index in [1.54, 1.807) is 29.2 Å². The lowest BCUT2D eigenvalue weighted by Gasteiger charge is -2.27. The molecule has 0 spiro atoms. The Hall–Kier alpha value is -3.15. The molecule has 0 aliphatic carbocycles. The van der Waals surface area contributed by atoms with Crippen molar-refractivity contribution in [3.05, 3.63) is 70.8 Å². The molecule has 0 fully saturated rings. The van der Waals surface area contributed by atoms with Crippen LogP contribution in [0.5, 0.6) is 0 Å². The predicted octanol–water partition coefficient (Wildman–Crippen LogP) is 2.99. The molecule has 3 amide bonds. The SMILES string of the molecule is CCCCCC(N)=O.NC(=O)c1cccc(C(=O)N2Cc3cccc(c3)C2)c1. The molecule has 0 radical (unpaired) electrons. The first-order valence-corrected chi connectivity index (χ1v) is 9.46. The van der Waals surface area contributed by atoms with Crippen LogP contribution in [0.3, 0.4) is 0 Å². The topological polar surface area (TPSA) is 106 Å². The zero-order chi connectivity index (χ0) is 20.5. The van der Waals surface area contributed by atoms with Crippen molar-refractivity contribution < 1.29 is 14.4 Å². The van der Waals surface area contributed by atoms with Crippen molar-refractivity contribution in [2.24, 2.45) is 11.5 Å². The molecule has 0 saturated heterocycles. The molecule has 1 aliphatic heterocycles. The average molecular weight is 381 g/mol. The average Bonchev–Trinajstić information content (AvgIpc) is 2.67. The van der Waals surface area contributed by atoms with Crippen LogP contribution in [-0.4, -0.2) is 22.6 Å². The lowest BCUT2D eigenvalue weighted by molar-refractivity contribution is -0.118. The summed E-state index contributed by atoms with van der Waals surface area (Å²) in [4.78, 5) is 35.5. The predicted molar refractivity (Wildman–Crippen MR) is 108 cm³/mol. The summed E-state index contributed by atoms with van der Waals surface area (Å²) >= 11 is 0. The number of benzene rings is 2. The van der Waals surface area contributed by atoms with Crippen LogP contribution >= 0.6 is 0 Å². The minimum absolute atomic E-state index is 0.0834. The second-order valence-corrected chi connectivity index (χ2v) is 6.85. The summed E-state index contributed by atoms with van der Waals surface area (Å²) in [7, 11) is 0. The third-order valence-corrected chi connectivity index (χ3v) is 4.45. The van der Waals surface area contributed by atoms with Gasteiger partial charge in [0.1, 0.15) is 0 Å². The molecule has 4 N–H and O–H groups in total. The van der Waals surface area contributed by atoms with E-state index >= 15 is 0 Å². The molecule has 1 heterocycles. The molecular weight excluding hydrogens is 354 g/mol. The van der Waals surface area contributed by atoms with Gasteiger partial charge in [-0.25, -0.2) is 0 Å². The Balaban J connectivity index is 0.000000300. The fraction of sp³-hybridized carbons (Fsp3) is 0.318. The van der Waals surface area contributed by atoms with Gasteiger partial charge >= 0.3 is 0 Å². The Morgan fingerprint density at radius 3 is 2.07 bits per heavy atom. The van der Waals surface area contributed by atoms with E-state index in [1.165, 1.54) is 0 Å². The summed E-state index contributed by atoms with van der Waals surface area (Å²) in [5.41, 5.74) is 13.2. The van der Waals surface area contributed by atoms with Crippen molar-refractivity contribution >= 4 is 17.7 Å². The van der Waals surface area contributed by atoms with Gasteiger partial charge in [0.25, 0.3) is 5.91 Å². The van der Waals surface area contributed by atoms with Gasteiger partial charge in [0.05, 0.1) is 0 Å². The van der Waals surface area contributed by atoms with Crippen LogP contribution in [0.25, 0.3) is 0 Å². The van der Waals surface area contributed by atoms with Crippen LogP contribution in [-0.2, 0) is 17.9 Å². The minimum Gasteiger partial charge on any atom is -0.370 e. The zero-order valence-electron chi connectivity index (χ0n) is 16.2. The van der Waals surface area contributed by atoms with Crippen LogP contribution in [0.1, 0.15) is 64.4 Å². The Kier molecular flexibility index (Phi) is 7.75. The molecule has 0 saturated carbocycles. The van der Waals surface area contributed by atoms with Gasteiger partial charge < -0.3 is 16.4 Å². The number of hydrogen-bond acceptors (Lipinski definition) is 3. The number of hydrogen-bond donors (Lipinski definition) is 2. The number of carbonyl (C=O) groups is 3. The molecule has 6 nitrogen and oxygen atoms in total. The normalized spacial score (nSPS) is 12.0. The van der Waals surface area contributed by atoms with Gasteiger partial charge in [-0.3, -0.25) is 14.4 Å². The fourth-order valence-electron chi connectivity index (χ4n) is 3.00. The summed E-state index contributed by atoms with van der Waals surface area (Å²) in [6.07, 6.45) is 3.76. The van der Waals surface area contributed by atoms with Gasteiger partial charge in [0.2, 0.25) is 11.8 Å². The van der Waals surface area contributed by atoms with E-state index in [0.29, 0.717) is 30.6 Å². The van der Waals surface area contributed by atoms with Crippen molar-refractivity contribution in [2.45, 2.75) is 45.7 Å². The minimum atomic E-state index is -0.525. The molecule has 3 rings (SSSR count). The molecule has 0 atom stereocenters. The molecule has 2 aromatic rings. The standard InChI is InChI=1S/C16H14N2O2.C6H13NO/c17-15(19)13-5-2-6-14(8-13)16(20)18-9-11-3-1-4-12(7-11)10-18;1-2-3-4-5-6(7)8/h1-8H,9-10H2,(H2,17,19);2-5H2,1H3,(H2,7,8). The van der Waals surface area contributed by atoms with Gasteiger partial charge in [-0.1, -0.05) is 50.1 Å². The number of rotatable bonds is 6. The lowest BCUT2D eigenvalue weighted by atomic mass is 10.0. The van der Waals surface area contributed by atoms with E-state index in [2.05, 4.69) is 13.0 Å². The maximum Gasteiger partial charge on any atom is 0.254 e. The highest BCUT2D eigenvalue weighted by Crippen LogP contribution is 2.20. The monoisotopic (exact) mass is 381 g/mol. The van der Waals surface area contributed by atoms with Crippen LogP contribution in [0, 0.1) is 0 Å². The second-order valence-electron chi connectivity index (χ2n) is 6.85. The quantitative estimate of drug-likeness (QED) is 0.751. The molecule has 0 aromatic heterocycles. The lowest BCUT2D eigenvalue weighted by Crippen LogP contribution is -2.32. The van der Waals surface area contributed by atoms with E-state index in [4.69, 9.17) is 11.5 Å². The molecule has 1 aliphatic rings. The number of nitrogens with two attached hydrogens (primary N) is 2. The first-order valence-electron chi connectivity index (χ1n) is 9.46. The number of fused-ring (bicyclic) bond motifs is 2. The number of unbranched alkanes of at least 4 members (excludes halogenated alkanes) is 2. The van der Waals surface area contributed by atoms with Crippen LogP contribution in [0.15, 0.2) is 48.5 Å². The first-order chi connectivity index (χ1) is 13.4. The van der Waals surface area contributed by atoms with E-state index in [0.717, 1.165) is 30.4 Å². The van der Waals surface area contributed by atoms with Gasteiger partial charge in [0.15, 0.2) is 0 Å². The summed E-state index contributed by atoms with van der Waals surface area (Å²) in [6.45, 7) is 3.28. The number of primary amides is 2. The van der Waals surface area contributed by atoms with Crippen molar-refractivity contribution in [1.29, 1.82) is 0 Å². The fourth-order valence-corrected chi connectivity index (χ4v) is 3.00. The maximum atomic E-state index is 12.5. The Bertz CT molecular complexity index is 827. The number of amides is 3. The molecular formula is C22H27N3O3. The van der Waals surface area contributed by atoms with Crippen molar-refractivity contribution in [3.8, 4) is 0 Å². The largest absolute Gasteiger partial charge is 0.370 e. The third kappa shape index (κ3) is 6.23.